The molecule has 1 saturated heterocycles. The van der Waals surface area contributed by atoms with E-state index >= 15 is 0 Å². The third-order valence-corrected chi connectivity index (χ3v) is 3.39. The zero-order chi connectivity index (χ0) is 13.5. The molecule has 1 aliphatic rings. The molecular weight excluding hydrogens is 242 g/mol. The van der Waals surface area contributed by atoms with Crippen molar-refractivity contribution in [2.24, 2.45) is 0 Å². The van der Waals surface area contributed by atoms with Crippen molar-refractivity contribution in [1.82, 2.24) is 4.90 Å². The molecule has 1 aromatic carbocycles. The number of nitrogens with zero attached hydrogens (tertiary/aromatic N) is 1. The summed E-state index contributed by atoms with van der Waals surface area (Å²) in [7, 11) is 0. The average Bonchev–Trinajstić information content (AvgIpc) is 2.83. The van der Waals surface area contributed by atoms with E-state index in [9.17, 15) is 4.79 Å². The van der Waals surface area contributed by atoms with Crippen molar-refractivity contribution in [3.63, 3.8) is 0 Å². The lowest BCUT2D eigenvalue weighted by atomic mass is 10.1. The van der Waals surface area contributed by atoms with Crippen molar-refractivity contribution in [2.75, 3.05) is 26.2 Å². The predicted octanol–water partition coefficient (Wildman–Crippen LogP) is 1.79. The first-order valence-corrected chi connectivity index (χ1v) is 6.84. The molecule has 1 heterocycles. The van der Waals surface area contributed by atoms with E-state index in [2.05, 4.69) is 24.3 Å². The second-order valence-electron chi connectivity index (χ2n) is 5.00. The normalized spacial score (nSPS) is 19.7. The smallest absolute Gasteiger partial charge is 0.317 e. The highest BCUT2D eigenvalue weighted by Crippen LogP contribution is 2.13. The second-order valence-corrected chi connectivity index (χ2v) is 5.00. The summed E-state index contributed by atoms with van der Waals surface area (Å²) in [5, 5.41) is 8.72. The van der Waals surface area contributed by atoms with Crippen molar-refractivity contribution < 1.29 is 14.6 Å². The quantitative estimate of drug-likeness (QED) is 0.762. The Kier molecular flexibility index (Phi) is 5.36. The number of likely N-dealkylation sites (tertiary alicyclic amines) is 1. The summed E-state index contributed by atoms with van der Waals surface area (Å²) < 4.78 is 5.80. The SMILES string of the molecule is O=C(O)CN1CC[C@H](OCCCc2ccccc2)C1. The van der Waals surface area contributed by atoms with Crippen molar-refractivity contribution >= 4 is 5.97 Å². The number of aryl methyl sites for hydroxylation is 1. The number of carbonyl (C=O) groups is 1. The number of carboxylic acids is 1. The predicted molar refractivity (Wildman–Crippen MR) is 73.2 cm³/mol. The minimum absolute atomic E-state index is 0.129. The molecule has 0 aromatic heterocycles. The third kappa shape index (κ3) is 5.01. The maximum Gasteiger partial charge on any atom is 0.317 e. The van der Waals surface area contributed by atoms with Gasteiger partial charge in [-0.1, -0.05) is 30.3 Å². The fourth-order valence-electron chi connectivity index (χ4n) is 2.44. The van der Waals surface area contributed by atoms with Crippen LogP contribution in [0.1, 0.15) is 18.4 Å². The molecule has 1 aromatic rings. The van der Waals surface area contributed by atoms with E-state index in [1.807, 2.05) is 11.0 Å². The first-order chi connectivity index (χ1) is 9.24. The Balaban J connectivity index is 1.58. The second kappa shape index (κ2) is 7.26. The van der Waals surface area contributed by atoms with Crippen molar-refractivity contribution in [2.45, 2.75) is 25.4 Å². The topological polar surface area (TPSA) is 49.8 Å². The summed E-state index contributed by atoms with van der Waals surface area (Å²) in [6.07, 6.45) is 3.19. The van der Waals surface area contributed by atoms with Crippen molar-refractivity contribution in [1.29, 1.82) is 0 Å². The Morgan fingerprint density at radius 1 is 1.37 bits per heavy atom. The van der Waals surface area contributed by atoms with Gasteiger partial charge in [-0.2, -0.15) is 0 Å². The van der Waals surface area contributed by atoms with Gasteiger partial charge in [0.05, 0.1) is 12.6 Å². The highest BCUT2D eigenvalue weighted by molar-refractivity contribution is 5.69. The van der Waals surface area contributed by atoms with Gasteiger partial charge >= 0.3 is 5.97 Å². The molecule has 4 heteroatoms. The van der Waals surface area contributed by atoms with Crippen LogP contribution in [-0.2, 0) is 16.0 Å². The molecule has 1 aliphatic heterocycles. The summed E-state index contributed by atoms with van der Waals surface area (Å²) in [5.74, 6) is -0.760. The molecule has 2 rings (SSSR count). The van der Waals surface area contributed by atoms with E-state index < -0.39 is 5.97 Å². The summed E-state index contributed by atoms with van der Waals surface area (Å²) in [6, 6.07) is 10.4. The maximum absolute atomic E-state index is 10.6. The number of ether oxygens (including phenoxy) is 1. The average molecular weight is 263 g/mol. The first kappa shape index (κ1) is 14.0. The van der Waals surface area contributed by atoms with Crippen LogP contribution in [0.4, 0.5) is 0 Å². The van der Waals surface area contributed by atoms with Crippen LogP contribution in [0.5, 0.6) is 0 Å². The van der Waals surface area contributed by atoms with E-state index in [1.54, 1.807) is 0 Å². The molecule has 1 fully saturated rings. The summed E-state index contributed by atoms with van der Waals surface area (Å²) >= 11 is 0. The van der Waals surface area contributed by atoms with Gasteiger partial charge in [0.15, 0.2) is 0 Å². The molecule has 0 radical (unpaired) electrons. The van der Waals surface area contributed by atoms with Gasteiger partial charge in [-0.3, -0.25) is 9.69 Å². The largest absolute Gasteiger partial charge is 0.480 e. The van der Waals surface area contributed by atoms with Crippen molar-refractivity contribution in [3.8, 4) is 0 Å². The monoisotopic (exact) mass is 263 g/mol. The zero-order valence-corrected chi connectivity index (χ0v) is 11.1. The summed E-state index contributed by atoms with van der Waals surface area (Å²) in [5.41, 5.74) is 1.34. The summed E-state index contributed by atoms with van der Waals surface area (Å²) in [6.45, 7) is 2.46. The van der Waals surface area contributed by atoms with Crippen LogP contribution in [0.15, 0.2) is 30.3 Å². The standard InChI is InChI=1S/C15H21NO3/c17-15(18)12-16-9-8-14(11-16)19-10-4-7-13-5-2-1-3-6-13/h1-3,5-6,14H,4,7-12H2,(H,17,18)/t14-/m0/s1. The van der Waals surface area contributed by atoms with Gasteiger partial charge in [-0.25, -0.2) is 0 Å². The van der Waals surface area contributed by atoms with E-state index in [0.29, 0.717) is 0 Å². The lowest BCUT2D eigenvalue weighted by Gasteiger charge is -2.14. The van der Waals surface area contributed by atoms with Gasteiger partial charge in [0.25, 0.3) is 0 Å². The number of aliphatic carboxylic acids is 1. The Morgan fingerprint density at radius 2 is 2.16 bits per heavy atom. The van der Waals surface area contributed by atoms with Gasteiger partial charge in [0, 0.05) is 19.7 Å². The van der Waals surface area contributed by atoms with E-state index in [-0.39, 0.29) is 12.6 Å². The van der Waals surface area contributed by atoms with Crippen LogP contribution in [0, 0.1) is 0 Å². The third-order valence-electron chi connectivity index (χ3n) is 3.39. The van der Waals surface area contributed by atoms with Crippen LogP contribution < -0.4 is 0 Å². The van der Waals surface area contributed by atoms with Gasteiger partial charge < -0.3 is 9.84 Å². The van der Waals surface area contributed by atoms with Crippen LogP contribution in [0.3, 0.4) is 0 Å². The maximum atomic E-state index is 10.6. The molecule has 0 saturated carbocycles. The Hall–Kier alpha value is -1.39. The Labute approximate surface area is 114 Å². The number of benzene rings is 1. The van der Waals surface area contributed by atoms with Crippen LogP contribution in [0.25, 0.3) is 0 Å². The highest BCUT2D eigenvalue weighted by Gasteiger charge is 2.24. The van der Waals surface area contributed by atoms with Gasteiger partial charge in [0.2, 0.25) is 0 Å². The lowest BCUT2D eigenvalue weighted by Crippen LogP contribution is -2.29. The fraction of sp³-hybridized carbons (Fsp3) is 0.533. The molecule has 4 nitrogen and oxygen atoms in total. The Bertz CT molecular complexity index is 394. The molecule has 19 heavy (non-hydrogen) atoms. The molecule has 1 atom stereocenters. The molecule has 1 N–H and O–H groups in total. The number of carboxylic acid groups (broad SMARTS) is 1. The van der Waals surface area contributed by atoms with Crippen LogP contribution in [0.2, 0.25) is 0 Å². The fourth-order valence-corrected chi connectivity index (χ4v) is 2.44. The molecule has 0 aliphatic carbocycles. The molecule has 0 bridgehead atoms. The highest BCUT2D eigenvalue weighted by atomic mass is 16.5. The zero-order valence-electron chi connectivity index (χ0n) is 11.1. The van der Waals surface area contributed by atoms with Crippen LogP contribution in [-0.4, -0.2) is 48.3 Å². The molecule has 0 amide bonds. The number of hydrogen-bond acceptors (Lipinski definition) is 3. The summed E-state index contributed by atoms with van der Waals surface area (Å²) in [4.78, 5) is 12.5. The minimum atomic E-state index is -0.760. The van der Waals surface area contributed by atoms with Gasteiger partial charge in [-0.05, 0) is 24.8 Å². The molecule has 104 valence electrons. The molecule has 0 unspecified atom stereocenters. The van der Waals surface area contributed by atoms with E-state index in [1.165, 1.54) is 5.56 Å². The Morgan fingerprint density at radius 3 is 2.89 bits per heavy atom. The number of rotatable bonds is 7. The minimum Gasteiger partial charge on any atom is -0.480 e. The van der Waals surface area contributed by atoms with Gasteiger partial charge in [0.1, 0.15) is 0 Å². The van der Waals surface area contributed by atoms with Crippen LogP contribution >= 0.6 is 0 Å². The van der Waals surface area contributed by atoms with Gasteiger partial charge in [-0.15, -0.1) is 0 Å². The lowest BCUT2D eigenvalue weighted by molar-refractivity contribution is -0.138. The van der Waals surface area contributed by atoms with E-state index in [4.69, 9.17) is 9.84 Å². The van der Waals surface area contributed by atoms with E-state index in [0.717, 1.165) is 39.0 Å². The molecular formula is C15H21NO3. The first-order valence-electron chi connectivity index (χ1n) is 6.84. The van der Waals surface area contributed by atoms with Crippen molar-refractivity contribution in [3.05, 3.63) is 35.9 Å². The number of hydrogen-bond donors (Lipinski definition) is 1. The molecule has 0 spiro atoms.